The van der Waals surface area contributed by atoms with E-state index in [1.54, 1.807) is 6.07 Å². The van der Waals surface area contributed by atoms with Crippen molar-refractivity contribution in [3.8, 4) is 0 Å². The number of hydrogen-bond donors (Lipinski definition) is 2. The molecule has 0 saturated carbocycles. The zero-order valence-corrected chi connectivity index (χ0v) is 13.1. The molecule has 5 heteroatoms. The van der Waals surface area contributed by atoms with E-state index in [0.717, 1.165) is 22.0 Å². The van der Waals surface area contributed by atoms with Crippen molar-refractivity contribution in [2.45, 2.75) is 18.9 Å². The Morgan fingerprint density at radius 3 is 2.50 bits per heavy atom. The van der Waals surface area contributed by atoms with Crippen LogP contribution in [-0.2, 0) is 12.8 Å². The van der Waals surface area contributed by atoms with Crippen molar-refractivity contribution in [2.75, 3.05) is 0 Å². The van der Waals surface area contributed by atoms with Crippen LogP contribution in [0.3, 0.4) is 0 Å². The van der Waals surface area contributed by atoms with Crippen LogP contribution in [0.4, 0.5) is 4.39 Å². The van der Waals surface area contributed by atoms with Gasteiger partial charge in [0.25, 0.3) is 0 Å². The predicted molar refractivity (Wildman–Crippen MR) is 84.1 cm³/mol. The number of nitrogens with one attached hydrogen (secondary N) is 1. The molecule has 0 heterocycles. The van der Waals surface area contributed by atoms with Gasteiger partial charge in [0.1, 0.15) is 5.82 Å². The van der Waals surface area contributed by atoms with Crippen molar-refractivity contribution in [2.24, 2.45) is 5.84 Å². The third kappa shape index (κ3) is 4.03. The lowest BCUT2D eigenvalue weighted by Crippen LogP contribution is -2.38. The average Bonchev–Trinajstić information content (AvgIpc) is 2.43. The summed E-state index contributed by atoms with van der Waals surface area (Å²) < 4.78 is 14.1. The minimum Gasteiger partial charge on any atom is -0.271 e. The van der Waals surface area contributed by atoms with Gasteiger partial charge in [-0.2, -0.15) is 0 Å². The zero-order valence-electron chi connectivity index (χ0n) is 10.7. The lowest BCUT2D eigenvalue weighted by Gasteiger charge is -2.17. The van der Waals surface area contributed by atoms with Crippen LogP contribution in [0.25, 0.3) is 0 Å². The highest BCUT2D eigenvalue weighted by Crippen LogP contribution is 2.22. The fraction of sp³-hybridized carbons (Fsp3) is 0.200. The average molecular weight is 358 g/mol. The van der Waals surface area contributed by atoms with Crippen molar-refractivity contribution in [3.63, 3.8) is 0 Å². The fourth-order valence-electron chi connectivity index (χ4n) is 2.07. The van der Waals surface area contributed by atoms with E-state index in [4.69, 9.17) is 17.4 Å². The van der Waals surface area contributed by atoms with Crippen LogP contribution in [0.15, 0.2) is 46.9 Å². The van der Waals surface area contributed by atoms with Crippen LogP contribution in [0.1, 0.15) is 11.1 Å². The van der Waals surface area contributed by atoms with Gasteiger partial charge in [0.15, 0.2) is 0 Å². The first-order chi connectivity index (χ1) is 9.60. The van der Waals surface area contributed by atoms with Crippen LogP contribution >= 0.6 is 27.5 Å². The van der Waals surface area contributed by atoms with Crippen LogP contribution in [0.5, 0.6) is 0 Å². The molecule has 0 aliphatic carbocycles. The third-order valence-corrected chi connectivity index (χ3v) is 4.27. The predicted octanol–water partition coefficient (Wildman–Crippen LogP) is 3.86. The van der Waals surface area contributed by atoms with Crippen molar-refractivity contribution in [1.29, 1.82) is 0 Å². The first-order valence-electron chi connectivity index (χ1n) is 6.23. The Labute approximate surface area is 131 Å². The second kappa shape index (κ2) is 7.18. The molecule has 2 rings (SSSR count). The summed E-state index contributed by atoms with van der Waals surface area (Å²) in [5.74, 6) is 5.28. The number of hydrazine groups is 1. The van der Waals surface area contributed by atoms with Gasteiger partial charge in [-0.15, -0.1) is 0 Å². The number of nitrogens with two attached hydrogens (primary N) is 1. The first kappa shape index (κ1) is 15.4. The summed E-state index contributed by atoms with van der Waals surface area (Å²) in [4.78, 5) is 0. The van der Waals surface area contributed by atoms with Crippen LogP contribution in [0.2, 0.25) is 5.02 Å². The first-order valence-corrected chi connectivity index (χ1v) is 7.40. The van der Waals surface area contributed by atoms with Gasteiger partial charge in [0.2, 0.25) is 0 Å². The van der Waals surface area contributed by atoms with E-state index in [0.29, 0.717) is 11.4 Å². The highest BCUT2D eigenvalue weighted by atomic mass is 79.9. The smallest absolute Gasteiger partial charge is 0.124 e. The highest BCUT2D eigenvalue weighted by Gasteiger charge is 2.13. The number of rotatable bonds is 5. The Kier molecular flexibility index (Phi) is 5.54. The SMILES string of the molecule is NNC(Cc1ccc(F)cc1Cl)Cc1ccccc1Br. The van der Waals surface area contributed by atoms with Gasteiger partial charge >= 0.3 is 0 Å². The molecule has 1 atom stereocenters. The number of benzene rings is 2. The van der Waals surface area contributed by atoms with Gasteiger partial charge in [-0.3, -0.25) is 11.3 Å². The maximum Gasteiger partial charge on any atom is 0.124 e. The Morgan fingerprint density at radius 1 is 1.15 bits per heavy atom. The molecule has 0 fully saturated rings. The number of halogens is 3. The molecular weight excluding hydrogens is 343 g/mol. The maximum atomic E-state index is 13.0. The van der Waals surface area contributed by atoms with Gasteiger partial charge in [0.05, 0.1) is 0 Å². The van der Waals surface area contributed by atoms with Gasteiger partial charge in [-0.25, -0.2) is 4.39 Å². The molecule has 0 bridgehead atoms. The van der Waals surface area contributed by atoms with Crippen molar-refractivity contribution < 1.29 is 4.39 Å². The van der Waals surface area contributed by atoms with E-state index in [2.05, 4.69) is 21.4 Å². The summed E-state index contributed by atoms with van der Waals surface area (Å²) in [6.07, 6.45) is 1.39. The third-order valence-electron chi connectivity index (χ3n) is 3.14. The molecule has 2 aromatic rings. The van der Waals surface area contributed by atoms with E-state index in [1.165, 1.54) is 12.1 Å². The molecule has 0 saturated heterocycles. The minimum atomic E-state index is -0.332. The van der Waals surface area contributed by atoms with Crippen LogP contribution in [-0.4, -0.2) is 6.04 Å². The molecule has 3 N–H and O–H groups in total. The molecule has 0 aliphatic heterocycles. The van der Waals surface area contributed by atoms with Gasteiger partial charge in [0, 0.05) is 15.5 Å². The molecule has 1 unspecified atom stereocenters. The lowest BCUT2D eigenvalue weighted by molar-refractivity contribution is 0.521. The summed E-state index contributed by atoms with van der Waals surface area (Å²) in [5.41, 5.74) is 4.83. The molecule has 0 amide bonds. The van der Waals surface area contributed by atoms with E-state index in [1.807, 2.05) is 24.3 Å². The van der Waals surface area contributed by atoms with Gasteiger partial charge in [-0.1, -0.05) is 51.8 Å². The highest BCUT2D eigenvalue weighted by molar-refractivity contribution is 9.10. The molecule has 2 nitrogen and oxygen atoms in total. The summed E-state index contributed by atoms with van der Waals surface area (Å²) in [6, 6.07) is 12.4. The zero-order chi connectivity index (χ0) is 14.5. The van der Waals surface area contributed by atoms with Crippen molar-refractivity contribution in [1.82, 2.24) is 5.43 Å². The van der Waals surface area contributed by atoms with Gasteiger partial charge in [-0.05, 0) is 42.2 Å². The van der Waals surface area contributed by atoms with Crippen LogP contribution < -0.4 is 11.3 Å². The Morgan fingerprint density at radius 2 is 1.85 bits per heavy atom. The summed E-state index contributed by atoms with van der Waals surface area (Å²) in [6.45, 7) is 0. The van der Waals surface area contributed by atoms with Crippen molar-refractivity contribution in [3.05, 3.63) is 68.9 Å². The summed E-state index contributed by atoms with van der Waals surface area (Å²) in [5, 5.41) is 0.428. The standard InChI is InChI=1S/C15H15BrClFN2/c16-14-4-2-1-3-10(14)7-13(20-19)8-11-5-6-12(18)9-15(11)17/h1-6,9,13,20H,7-8,19H2. The van der Waals surface area contributed by atoms with Crippen molar-refractivity contribution >= 4 is 27.5 Å². The minimum absolute atomic E-state index is 0.0247. The molecule has 0 aromatic heterocycles. The molecular formula is C15H15BrClFN2. The monoisotopic (exact) mass is 356 g/mol. The van der Waals surface area contributed by atoms with E-state index < -0.39 is 0 Å². The molecule has 0 spiro atoms. The topological polar surface area (TPSA) is 38.0 Å². The quantitative estimate of drug-likeness (QED) is 0.630. The molecule has 106 valence electrons. The largest absolute Gasteiger partial charge is 0.271 e. The molecule has 0 aliphatic rings. The maximum absolute atomic E-state index is 13.0. The van der Waals surface area contributed by atoms with E-state index in [-0.39, 0.29) is 11.9 Å². The molecule has 20 heavy (non-hydrogen) atoms. The summed E-state index contributed by atoms with van der Waals surface area (Å²) >= 11 is 9.57. The van der Waals surface area contributed by atoms with Crippen LogP contribution in [0, 0.1) is 5.82 Å². The molecule has 0 radical (unpaired) electrons. The number of hydrogen-bond acceptors (Lipinski definition) is 2. The molecule has 2 aromatic carbocycles. The Bertz CT molecular complexity index is 592. The van der Waals surface area contributed by atoms with Gasteiger partial charge < -0.3 is 0 Å². The van der Waals surface area contributed by atoms with E-state index in [9.17, 15) is 4.39 Å². The normalized spacial score (nSPS) is 12.4. The van der Waals surface area contributed by atoms with E-state index >= 15 is 0 Å². The fourth-order valence-corrected chi connectivity index (χ4v) is 2.76. The lowest BCUT2D eigenvalue weighted by atomic mass is 9.99. The Balaban J connectivity index is 2.11. The summed E-state index contributed by atoms with van der Waals surface area (Å²) in [7, 11) is 0. The second-order valence-electron chi connectivity index (χ2n) is 4.60. The Hall–Kier alpha value is -0.940. The second-order valence-corrected chi connectivity index (χ2v) is 5.86.